The fourth-order valence-corrected chi connectivity index (χ4v) is 2.93. The molecule has 1 nitrogen and oxygen atoms in total. The standard InChI is InChI=1S/C17H16OS/c1-17(2)11-10-13-12-15(8-9-16(13)18-17)19-14-6-4-3-5-7-14/h3-12H,1-2H3. The van der Waals surface area contributed by atoms with E-state index >= 15 is 0 Å². The smallest absolute Gasteiger partial charge is 0.127 e. The van der Waals surface area contributed by atoms with Gasteiger partial charge in [-0.3, -0.25) is 0 Å². The second-order valence-electron chi connectivity index (χ2n) is 5.15. The van der Waals surface area contributed by atoms with Crippen molar-refractivity contribution in [1.82, 2.24) is 0 Å². The molecular weight excluding hydrogens is 252 g/mol. The summed E-state index contributed by atoms with van der Waals surface area (Å²) in [6, 6.07) is 16.8. The van der Waals surface area contributed by atoms with Crippen LogP contribution in [0.3, 0.4) is 0 Å². The lowest BCUT2D eigenvalue weighted by molar-refractivity contribution is 0.159. The molecule has 0 fully saturated rings. The molecule has 1 aliphatic rings. The highest BCUT2D eigenvalue weighted by molar-refractivity contribution is 7.99. The highest BCUT2D eigenvalue weighted by atomic mass is 32.2. The Morgan fingerprint density at radius 2 is 1.74 bits per heavy atom. The zero-order valence-corrected chi connectivity index (χ0v) is 11.9. The zero-order chi connectivity index (χ0) is 13.3. The average Bonchev–Trinajstić information content (AvgIpc) is 2.39. The molecule has 0 radical (unpaired) electrons. The minimum absolute atomic E-state index is 0.207. The van der Waals surface area contributed by atoms with Crippen LogP contribution in [0.15, 0.2) is 64.4 Å². The highest BCUT2D eigenvalue weighted by Crippen LogP contribution is 2.35. The van der Waals surface area contributed by atoms with Gasteiger partial charge in [-0.15, -0.1) is 0 Å². The van der Waals surface area contributed by atoms with E-state index in [9.17, 15) is 0 Å². The first-order valence-electron chi connectivity index (χ1n) is 6.38. The van der Waals surface area contributed by atoms with Crippen LogP contribution in [0.4, 0.5) is 0 Å². The average molecular weight is 268 g/mol. The van der Waals surface area contributed by atoms with Gasteiger partial charge in [-0.2, -0.15) is 0 Å². The van der Waals surface area contributed by atoms with Crippen molar-refractivity contribution < 1.29 is 4.74 Å². The first kappa shape index (κ1) is 12.4. The SMILES string of the molecule is CC1(C)C=Cc2cc(Sc3ccccc3)ccc2O1. The molecule has 3 rings (SSSR count). The molecule has 96 valence electrons. The number of fused-ring (bicyclic) bond motifs is 1. The molecule has 2 heteroatoms. The normalized spacial score (nSPS) is 15.7. The van der Waals surface area contributed by atoms with Crippen LogP contribution in [0.5, 0.6) is 5.75 Å². The van der Waals surface area contributed by atoms with Gasteiger partial charge in [-0.05, 0) is 50.3 Å². The van der Waals surface area contributed by atoms with Crippen LogP contribution in [0.1, 0.15) is 19.4 Å². The first-order chi connectivity index (χ1) is 9.12. The summed E-state index contributed by atoms with van der Waals surface area (Å²) in [6.07, 6.45) is 4.25. The molecule has 19 heavy (non-hydrogen) atoms. The van der Waals surface area contributed by atoms with Gasteiger partial charge < -0.3 is 4.74 Å². The summed E-state index contributed by atoms with van der Waals surface area (Å²) in [4.78, 5) is 2.49. The number of hydrogen-bond donors (Lipinski definition) is 0. The van der Waals surface area contributed by atoms with E-state index in [1.807, 2.05) is 6.07 Å². The Hall–Kier alpha value is -1.67. The number of benzene rings is 2. The maximum atomic E-state index is 5.93. The first-order valence-corrected chi connectivity index (χ1v) is 7.19. The molecular formula is C17H16OS. The topological polar surface area (TPSA) is 9.23 Å². The molecule has 0 atom stereocenters. The van der Waals surface area contributed by atoms with E-state index in [2.05, 4.69) is 68.5 Å². The molecule has 0 aliphatic carbocycles. The molecule has 1 aliphatic heterocycles. The van der Waals surface area contributed by atoms with Gasteiger partial charge in [0.2, 0.25) is 0 Å². The molecule has 0 aromatic heterocycles. The van der Waals surface area contributed by atoms with Gasteiger partial charge in [0.15, 0.2) is 0 Å². The van der Waals surface area contributed by atoms with Crippen molar-refractivity contribution in [2.75, 3.05) is 0 Å². The minimum atomic E-state index is -0.207. The van der Waals surface area contributed by atoms with Crippen molar-refractivity contribution in [1.29, 1.82) is 0 Å². The summed E-state index contributed by atoms with van der Waals surface area (Å²) in [5.74, 6) is 0.963. The number of rotatable bonds is 2. The van der Waals surface area contributed by atoms with Gasteiger partial charge in [0, 0.05) is 15.4 Å². The largest absolute Gasteiger partial charge is 0.483 e. The Balaban J connectivity index is 1.87. The van der Waals surface area contributed by atoms with E-state index in [4.69, 9.17) is 4.74 Å². The highest BCUT2D eigenvalue weighted by Gasteiger charge is 2.21. The molecule has 0 saturated heterocycles. The Bertz CT molecular complexity index is 614. The quantitative estimate of drug-likeness (QED) is 0.756. The summed E-state index contributed by atoms with van der Waals surface area (Å²) in [5.41, 5.74) is 0.946. The summed E-state index contributed by atoms with van der Waals surface area (Å²) in [6.45, 7) is 4.14. The number of ether oxygens (including phenoxy) is 1. The van der Waals surface area contributed by atoms with E-state index in [0.717, 1.165) is 11.3 Å². The van der Waals surface area contributed by atoms with Crippen LogP contribution in [-0.2, 0) is 0 Å². The van der Waals surface area contributed by atoms with Crippen molar-refractivity contribution in [3.05, 3.63) is 60.2 Å². The Morgan fingerprint density at radius 3 is 2.53 bits per heavy atom. The van der Waals surface area contributed by atoms with E-state index in [1.54, 1.807) is 11.8 Å². The fraction of sp³-hybridized carbons (Fsp3) is 0.176. The summed E-state index contributed by atoms with van der Waals surface area (Å²) < 4.78 is 5.93. The van der Waals surface area contributed by atoms with Crippen molar-refractivity contribution in [2.45, 2.75) is 29.2 Å². The maximum Gasteiger partial charge on any atom is 0.127 e. The van der Waals surface area contributed by atoms with Gasteiger partial charge in [-0.25, -0.2) is 0 Å². The monoisotopic (exact) mass is 268 g/mol. The summed E-state index contributed by atoms with van der Waals surface area (Å²) in [7, 11) is 0. The molecule has 0 unspecified atom stereocenters. The van der Waals surface area contributed by atoms with E-state index in [0.29, 0.717) is 0 Å². The van der Waals surface area contributed by atoms with Crippen molar-refractivity contribution in [2.24, 2.45) is 0 Å². The molecule has 0 saturated carbocycles. The summed E-state index contributed by atoms with van der Waals surface area (Å²) >= 11 is 1.77. The van der Waals surface area contributed by atoms with Crippen molar-refractivity contribution >= 4 is 17.8 Å². The molecule has 0 amide bonds. The lowest BCUT2D eigenvalue weighted by Crippen LogP contribution is -2.27. The molecule has 2 aromatic carbocycles. The van der Waals surface area contributed by atoms with Crippen LogP contribution >= 0.6 is 11.8 Å². The van der Waals surface area contributed by atoms with Gasteiger partial charge >= 0.3 is 0 Å². The Kier molecular flexibility index (Phi) is 3.11. The molecule has 2 aromatic rings. The summed E-state index contributed by atoms with van der Waals surface area (Å²) in [5, 5.41) is 0. The second kappa shape index (κ2) is 4.78. The Morgan fingerprint density at radius 1 is 0.947 bits per heavy atom. The third-order valence-corrected chi connectivity index (χ3v) is 3.99. The second-order valence-corrected chi connectivity index (χ2v) is 6.30. The predicted molar refractivity (Wildman–Crippen MR) is 80.7 cm³/mol. The van der Waals surface area contributed by atoms with Crippen LogP contribution in [-0.4, -0.2) is 5.60 Å². The Labute approximate surface area is 118 Å². The molecule has 0 bridgehead atoms. The van der Waals surface area contributed by atoms with Crippen LogP contribution in [0.25, 0.3) is 6.08 Å². The maximum absolute atomic E-state index is 5.93. The molecule has 1 heterocycles. The lowest BCUT2D eigenvalue weighted by Gasteiger charge is -2.27. The fourth-order valence-electron chi connectivity index (χ4n) is 2.05. The third-order valence-electron chi connectivity index (χ3n) is 3.00. The lowest BCUT2D eigenvalue weighted by atomic mass is 10.0. The predicted octanol–water partition coefficient (Wildman–Crippen LogP) is 5.02. The van der Waals surface area contributed by atoms with Gasteiger partial charge in [-0.1, -0.05) is 36.0 Å². The van der Waals surface area contributed by atoms with Crippen molar-refractivity contribution in [3.63, 3.8) is 0 Å². The van der Waals surface area contributed by atoms with E-state index in [1.165, 1.54) is 9.79 Å². The zero-order valence-electron chi connectivity index (χ0n) is 11.1. The molecule has 0 spiro atoms. The van der Waals surface area contributed by atoms with Crippen LogP contribution in [0.2, 0.25) is 0 Å². The van der Waals surface area contributed by atoms with Crippen molar-refractivity contribution in [3.8, 4) is 5.75 Å². The third kappa shape index (κ3) is 2.85. The van der Waals surface area contributed by atoms with E-state index in [-0.39, 0.29) is 5.60 Å². The molecule has 0 N–H and O–H groups in total. The van der Waals surface area contributed by atoms with Crippen LogP contribution in [0, 0.1) is 0 Å². The van der Waals surface area contributed by atoms with Gasteiger partial charge in [0.05, 0.1) is 0 Å². The minimum Gasteiger partial charge on any atom is -0.483 e. The van der Waals surface area contributed by atoms with Crippen LogP contribution < -0.4 is 4.74 Å². The van der Waals surface area contributed by atoms with Gasteiger partial charge in [0.25, 0.3) is 0 Å². The van der Waals surface area contributed by atoms with Gasteiger partial charge in [0.1, 0.15) is 11.4 Å². The number of hydrogen-bond acceptors (Lipinski definition) is 2. The van der Waals surface area contributed by atoms with E-state index < -0.39 is 0 Å².